The van der Waals surface area contributed by atoms with Crippen molar-refractivity contribution in [2.45, 2.75) is 44.6 Å². The summed E-state index contributed by atoms with van der Waals surface area (Å²) in [6, 6.07) is 2.52. The van der Waals surface area contributed by atoms with Crippen LogP contribution in [-0.4, -0.2) is 37.0 Å². The number of amides is 1. The van der Waals surface area contributed by atoms with Crippen LogP contribution in [-0.2, 0) is 4.79 Å². The van der Waals surface area contributed by atoms with Gasteiger partial charge in [-0.15, -0.1) is 0 Å². The lowest BCUT2D eigenvalue weighted by Crippen LogP contribution is -2.48. The highest BCUT2D eigenvalue weighted by atomic mass is 16.2. The van der Waals surface area contributed by atoms with Crippen LogP contribution in [0.15, 0.2) is 0 Å². The van der Waals surface area contributed by atoms with E-state index in [1.165, 1.54) is 0 Å². The van der Waals surface area contributed by atoms with E-state index < -0.39 is 5.41 Å². The lowest BCUT2D eigenvalue weighted by molar-refractivity contribution is -0.129. The second kappa shape index (κ2) is 5.05. The third kappa shape index (κ3) is 2.61. The van der Waals surface area contributed by atoms with Crippen LogP contribution >= 0.6 is 0 Å². The highest BCUT2D eigenvalue weighted by Gasteiger charge is 2.42. The molecule has 94 valence electrons. The van der Waals surface area contributed by atoms with Gasteiger partial charge in [0.25, 0.3) is 0 Å². The maximum Gasteiger partial charge on any atom is 0.240 e. The van der Waals surface area contributed by atoms with Crippen molar-refractivity contribution in [2.24, 2.45) is 5.41 Å². The van der Waals surface area contributed by atoms with Crippen LogP contribution in [0.1, 0.15) is 38.5 Å². The third-order valence-corrected chi connectivity index (χ3v) is 4.16. The first-order valence-electron chi connectivity index (χ1n) is 6.57. The zero-order valence-electron chi connectivity index (χ0n) is 10.5. The first-order chi connectivity index (χ1) is 8.16. The fraction of sp³-hybridized carbons (Fsp3) is 0.846. The number of nitrogens with one attached hydrogen (secondary N) is 1. The maximum absolute atomic E-state index is 12.2. The lowest BCUT2D eigenvalue weighted by Gasteiger charge is -2.31. The number of rotatable bonds is 2. The van der Waals surface area contributed by atoms with E-state index in [1.807, 2.05) is 0 Å². The van der Waals surface area contributed by atoms with Crippen molar-refractivity contribution in [3.05, 3.63) is 0 Å². The predicted molar refractivity (Wildman–Crippen MR) is 65.2 cm³/mol. The molecule has 2 aliphatic rings. The molecule has 1 aliphatic heterocycles. The molecule has 0 bridgehead atoms. The molecule has 0 aromatic carbocycles. The van der Waals surface area contributed by atoms with Crippen LogP contribution in [0.5, 0.6) is 0 Å². The number of nitriles is 1. The predicted octanol–water partition coefficient (Wildman–Crippen LogP) is 1.28. The minimum Gasteiger partial charge on any atom is -0.352 e. The van der Waals surface area contributed by atoms with Crippen LogP contribution in [0.25, 0.3) is 0 Å². The molecule has 1 amide bonds. The molecule has 0 atom stereocenters. The molecule has 1 aliphatic carbocycles. The van der Waals surface area contributed by atoms with Crippen LogP contribution in [0.4, 0.5) is 0 Å². The summed E-state index contributed by atoms with van der Waals surface area (Å²) in [6.45, 7) is 2.06. The molecule has 1 saturated heterocycles. The summed E-state index contributed by atoms with van der Waals surface area (Å²) in [4.78, 5) is 14.5. The number of piperidine rings is 1. The Morgan fingerprint density at radius 3 is 2.47 bits per heavy atom. The standard InChI is InChI=1S/C13H21N3O/c1-16-8-4-11(5-9-16)15-12(17)13(10-14)6-2-3-7-13/h11H,2-9H2,1H3,(H,15,17). The molecule has 1 heterocycles. The van der Waals surface area contributed by atoms with Gasteiger partial charge in [0, 0.05) is 6.04 Å². The van der Waals surface area contributed by atoms with Gasteiger partial charge in [0.15, 0.2) is 0 Å². The Bertz CT molecular complexity index is 320. The summed E-state index contributed by atoms with van der Waals surface area (Å²) >= 11 is 0. The Labute approximate surface area is 103 Å². The van der Waals surface area contributed by atoms with Crippen molar-refractivity contribution >= 4 is 5.91 Å². The van der Waals surface area contributed by atoms with Crippen molar-refractivity contribution in [1.82, 2.24) is 10.2 Å². The Balaban J connectivity index is 1.90. The minimum absolute atomic E-state index is 0.0212. The molecule has 0 radical (unpaired) electrons. The molecule has 1 N–H and O–H groups in total. The second-order valence-electron chi connectivity index (χ2n) is 5.45. The molecule has 0 spiro atoms. The Hall–Kier alpha value is -1.08. The SMILES string of the molecule is CN1CCC(NC(=O)C2(C#N)CCCC2)CC1. The zero-order chi connectivity index (χ0) is 12.3. The first-order valence-corrected chi connectivity index (χ1v) is 6.57. The van der Waals surface area contributed by atoms with Crippen LogP contribution in [0.3, 0.4) is 0 Å². The quantitative estimate of drug-likeness (QED) is 0.784. The van der Waals surface area contributed by atoms with E-state index in [-0.39, 0.29) is 11.9 Å². The number of hydrogen-bond acceptors (Lipinski definition) is 3. The van der Waals surface area contributed by atoms with Crippen molar-refractivity contribution in [3.63, 3.8) is 0 Å². The molecule has 1 saturated carbocycles. The zero-order valence-corrected chi connectivity index (χ0v) is 10.5. The Kier molecular flexibility index (Phi) is 3.68. The first kappa shape index (κ1) is 12.4. The van der Waals surface area contributed by atoms with E-state index in [1.54, 1.807) is 0 Å². The Morgan fingerprint density at radius 1 is 1.35 bits per heavy atom. The van der Waals surface area contributed by atoms with Crippen molar-refractivity contribution in [1.29, 1.82) is 5.26 Å². The molecule has 2 rings (SSSR count). The maximum atomic E-state index is 12.2. The van der Waals surface area contributed by atoms with E-state index in [9.17, 15) is 10.1 Å². The lowest BCUT2D eigenvalue weighted by atomic mass is 9.86. The number of carbonyl (C=O) groups is 1. The average molecular weight is 235 g/mol. The molecular weight excluding hydrogens is 214 g/mol. The molecule has 2 fully saturated rings. The Morgan fingerprint density at radius 2 is 1.94 bits per heavy atom. The van der Waals surface area contributed by atoms with Gasteiger partial charge in [0.05, 0.1) is 6.07 Å². The van der Waals surface area contributed by atoms with Crippen LogP contribution < -0.4 is 5.32 Å². The number of hydrogen-bond donors (Lipinski definition) is 1. The van der Waals surface area contributed by atoms with E-state index >= 15 is 0 Å². The van der Waals surface area contributed by atoms with E-state index in [0.717, 1.165) is 51.6 Å². The highest BCUT2D eigenvalue weighted by Crippen LogP contribution is 2.37. The molecule has 0 aromatic rings. The summed E-state index contributed by atoms with van der Waals surface area (Å²) in [7, 11) is 2.10. The topological polar surface area (TPSA) is 56.1 Å². The normalized spacial score (nSPS) is 25.4. The molecular formula is C13H21N3O. The summed E-state index contributed by atoms with van der Waals surface area (Å²) < 4.78 is 0. The van der Waals surface area contributed by atoms with Crippen LogP contribution in [0, 0.1) is 16.7 Å². The van der Waals surface area contributed by atoms with Gasteiger partial charge in [-0.2, -0.15) is 5.26 Å². The van der Waals surface area contributed by atoms with Gasteiger partial charge >= 0.3 is 0 Å². The van der Waals surface area contributed by atoms with Crippen LogP contribution in [0.2, 0.25) is 0 Å². The summed E-state index contributed by atoms with van der Waals surface area (Å²) in [6.07, 6.45) is 5.50. The molecule has 4 nitrogen and oxygen atoms in total. The van der Waals surface area contributed by atoms with Crippen molar-refractivity contribution in [3.8, 4) is 6.07 Å². The molecule has 0 aromatic heterocycles. The smallest absolute Gasteiger partial charge is 0.240 e. The minimum atomic E-state index is -0.719. The van der Waals surface area contributed by atoms with Gasteiger partial charge in [-0.1, -0.05) is 12.8 Å². The van der Waals surface area contributed by atoms with Gasteiger partial charge in [-0.05, 0) is 45.8 Å². The number of nitrogens with zero attached hydrogens (tertiary/aromatic N) is 2. The van der Waals surface area contributed by atoms with Gasteiger partial charge in [-0.3, -0.25) is 4.79 Å². The molecule has 4 heteroatoms. The van der Waals surface area contributed by atoms with Crippen molar-refractivity contribution < 1.29 is 4.79 Å². The fourth-order valence-electron chi connectivity index (χ4n) is 2.84. The van der Waals surface area contributed by atoms with Gasteiger partial charge in [0.2, 0.25) is 5.91 Å². The fourth-order valence-corrected chi connectivity index (χ4v) is 2.84. The summed E-state index contributed by atoms with van der Waals surface area (Å²) in [5, 5.41) is 12.3. The van der Waals surface area contributed by atoms with E-state index in [2.05, 4.69) is 23.3 Å². The van der Waals surface area contributed by atoms with Gasteiger partial charge in [-0.25, -0.2) is 0 Å². The monoisotopic (exact) mass is 235 g/mol. The number of carbonyl (C=O) groups excluding carboxylic acids is 1. The summed E-state index contributed by atoms with van der Waals surface area (Å²) in [5.74, 6) is -0.0212. The highest BCUT2D eigenvalue weighted by molar-refractivity contribution is 5.85. The largest absolute Gasteiger partial charge is 0.352 e. The molecule has 17 heavy (non-hydrogen) atoms. The second-order valence-corrected chi connectivity index (χ2v) is 5.45. The van der Waals surface area contributed by atoms with Gasteiger partial charge in [0.1, 0.15) is 5.41 Å². The van der Waals surface area contributed by atoms with E-state index in [0.29, 0.717) is 0 Å². The molecule has 0 unspecified atom stereocenters. The van der Waals surface area contributed by atoms with Crippen molar-refractivity contribution in [2.75, 3.05) is 20.1 Å². The average Bonchev–Trinajstić information content (AvgIpc) is 2.82. The summed E-state index contributed by atoms with van der Waals surface area (Å²) in [5.41, 5.74) is -0.719. The third-order valence-electron chi connectivity index (χ3n) is 4.16. The van der Waals surface area contributed by atoms with E-state index in [4.69, 9.17) is 0 Å². The number of likely N-dealkylation sites (tertiary alicyclic amines) is 1. The van der Waals surface area contributed by atoms with Gasteiger partial charge < -0.3 is 10.2 Å².